The molecule has 5 nitrogen and oxygen atoms in total. The number of hydrogen-bond acceptors (Lipinski definition) is 4. The van der Waals surface area contributed by atoms with Gasteiger partial charge in [0, 0.05) is 14.1 Å². The Balaban J connectivity index is 1.87. The average Bonchev–Trinajstić information content (AvgIpc) is 2.67. The van der Waals surface area contributed by atoms with Crippen LogP contribution in [0, 0.1) is 6.92 Å². The first-order chi connectivity index (χ1) is 13.7. The molecule has 0 N–H and O–H groups in total. The van der Waals surface area contributed by atoms with E-state index in [9.17, 15) is 9.59 Å². The summed E-state index contributed by atoms with van der Waals surface area (Å²) in [6.45, 7) is 2.45. The number of rotatable bonds is 4. The molecule has 2 aromatic rings. The third-order valence-corrected chi connectivity index (χ3v) is 6.17. The van der Waals surface area contributed by atoms with E-state index in [2.05, 4.69) is 37.9 Å². The van der Waals surface area contributed by atoms with E-state index in [4.69, 9.17) is 17.0 Å². The zero-order valence-corrected chi connectivity index (χ0v) is 20.0. The molecule has 150 valence electrons. The van der Waals surface area contributed by atoms with Crippen molar-refractivity contribution in [3.63, 3.8) is 0 Å². The second-order valence-corrected chi connectivity index (χ2v) is 8.73. The van der Waals surface area contributed by atoms with Gasteiger partial charge < -0.3 is 4.74 Å². The minimum atomic E-state index is -0.426. The lowest BCUT2D eigenvalue weighted by Crippen LogP contribution is -2.52. The normalized spacial score (nSPS) is 14.5. The van der Waals surface area contributed by atoms with Gasteiger partial charge in [-0.15, -0.1) is 0 Å². The zero-order valence-electron chi connectivity index (χ0n) is 16.0. The fourth-order valence-corrected chi connectivity index (χ4v) is 4.52. The first kappa shape index (κ1) is 21.7. The topological polar surface area (TPSA) is 49.9 Å². The Hall–Kier alpha value is -2.03. The minimum Gasteiger partial charge on any atom is -0.487 e. The second kappa shape index (κ2) is 8.77. The average molecular weight is 538 g/mol. The molecule has 2 aromatic carbocycles. The monoisotopic (exact) mass is 536 g/mol. The molecule has 1 fully saturated rings. The summed E-state index contributed by atoms with van der Waals surface area (Å²) in [6.07, 6.45) is 1.55. The van der Waals surface area contributed by atoms with Gasteiger partial charge in [-0.3, -0.25) is 19.4 Å². The molecule has 1 aliphatic rings. The first-order valence-corrected chi connectivity index (χ1v) is 10.7. The van der Waals surface area contributed by atoms with Crippen molar-refractivity contribution in [3.8, 4) is 5.75 Å². The predicted octanol–water partition coefficient (Wildman–Crippen LogP) is 4.70. The summed E-state index contributed by atoms with van der Waals surface area (Å²) >= 11 is 12.1. The maximum Gasteiger partial charge on any atom is 0.265 e. The van der Waals surface area contributed by atoms with Crippen LogP contribution in [0.2, 0.25) is 0 Å². The van der Waals surface area contributed by atoms with Gasteiger partial charge in [-0.1, -0.05) is 29.8 Å². The van der Waals surface area contributed by atoms with Crippen molar-refractivity contribution in [3.05, 3.63) is 67.6 Å². The van der Waals surface area contributed by atoms with E-state index in [1.165, 1.54) is 15.4 Å². The first-order valence-electron chi connectivity index (χ1n) is 8.68. The van der Waals surface area contributed by atoms with Crippen molar-refractivity contribution in [1.82, 2.24) is 9.80 Å². The molecule has 1 heterocycles. The number of thiocarbonyl (C=S) groups is 1. The molecule has 0 spiro atoms. The summed E-state index contributed by atoms with van der Waals surface area (Å²) in [5.74, 6) is -0.208. The smallest absolute Gasteiger partial charge is 0.265 e. The van der Waals surface area contributed by atoms with Gasteiger partial charge in [0.1, 0.15) is 17.9 Å². The van der Waals surface area contributed by atoms with Crippen LogP contribution in [0.3, 0.4) is 0 Å². The van der Waals surface area contributed by atoms with Gasteiger partial charge in [0.25, 0.3) is 11.8 Å². The van der Waals surface area contributed by atoms with E-state index in [-0.39, 0.29) is 10.7 Å². The standard InChI is InChI=1S/C21H18Br2N2O3S/c1-12-5-4-6-13(7-12)11-28-18-16(22)9-14(10-17(18)23)8-15-19(26)24(2)21(29)25(3)20(15)27/h4-10H,11H2,1-3H3. The molecule has 2 amide bonds. The highest BCUT2D eigenvalue weighted by molar-refractivity contribution is 9.11. The summed E-state index contributed by atoms with van der Waals surface area (Å²) in [6, 6.07) is 11.7. The number of likely N-dealkylation sites (N-methyl/N-ethyl adjacent to an activating group) is 2. The fourth-order valence-electron chi connectivity index (χ4n) is 2.90. The fraction of sp³-hybridized carbons (Fsp3) is 0.190. The number of carbonyl (C=O) groups excluding carboxylic acids is 2. The summed E-state index contributed by atoms with van der Waals surface area (Å²) in [4.78, 5) is 27.6. The van der Waals surface area contributed by atoms with Crippen molar-refractivity contribution in [2.75, 3.05) is 14.1 Å². The number of ether oxygens (including phenoxy) is 1. The van der Waals surface area contributed by atoms with Crippen molar-refractivity contribution < 1.29 is 14.3 Å². The molecule has 0 saturated carbocycles. The van der Waals surface area contributed by atoms with E-state index < -0.39 is 11.8 Å². The van der Waals surface area contributed by atoms with Crippen molar-refractivity contribution in [2.24, 2.45) is 0 Å². The van der Waals surface area contributed by atoms with E-state index in [0.29, 0.717) is 26.9 Å². The third-order valence-electron chi connectivity index (χ3n) is 4.44. The van der Waals surface area contributed by atoms with Crippen LogP contribution in [-0.4, -0.2) is 40.8 Å². The number of amides is 2. The van der Waals surface area contributed by atoms with Gasteiger partial charge >= 0.3 is 0 Å². The lowest BCUT2D eigenvalue weighted by Gasteiger charge is -2.31. The number of nitrogens with zero attached hydrogens (tertiary/aromatic N) is 2. The third kappa shape index (κ3) is 4.60. The SMILES string of the molecule is Cc1cccc(COc2c(Br)cc(C=C3C(=O)N(C)C(=S)N(C)C3=O)cc2Br)c1. The van der Waals surface area contributed by atoms with E-state index in [0.717, 1.165) is 5.56 Å². The van der Waals surface area contributed by atoms with Crippen LogP contribution >= 0.6 is 44.1 Å². The lowest BCUT2D eigenvalue weighted by molar-refractivity contribution is -0.132. The van der Waals surface area contributed by atoms with Crippen LogP contribution < -0.4 is 4.74 Å². The minimum absolute atomic E-state index is 0.0517. The van der Waals surface area contributed by atoms with Gasteiger partial charge in [-0.2, -0.15) is 0 Å². The van der Waals surface area contributed by atoms with Gasteiger partial charge in [-0.05, 0) is 80.3 Å². The molecule has 0 unspecified atom stereocenters. The Bertz CT molecular complexity index is 1000. The number of halogens is 2. The van der Waals surface area contributed by atoms with Crippen LogP contribution in [0.15, 0.2) is 50.9 Å². The summed E-state index contributed by atoms with van der Waals surface area (Å²) < 4.78 is 7.38. The Labute approximate surface area is 191 Å². The Morgan fingerprint density at radius 1 is 1.03 bits per heavy atom. The molecule has 1 saturated heterocycles. The number of carbonyl (C=O) groups is 2. The van der Waals surface area contributed by atoms with Gasteiger partial charge in [0.2, 0.25) is 0 Å². The summed E-state index contributed by atoms with van der Waals surface area (Å²) in [5, 5.41) is 0.180. The van der Waals surface area contributed by atoms with Crippen LogP contribution in [0.5, 0.6) is 5.75 Å². The van der Waals surface area contributed by atoms with Crippen molar-refractivity contribution in [2.45, 2.75) is 13.5 Å². The second-order valence-electron chi connectivity index (χ2n) is 6.66. The highest BCUT2D eigenvalue weighted by Crippen LogP contribution is 2.36. The highest BCUT2D eigenvalue weighted by Gasteiger charge is 2.35. The van der Waals surface area contributed by atoms with Crippen LogP contribution in [-0.2, 0) is 16.2 Å². The van der Waals surface area contributed by atoms with E-state index >= 15 is 0 Å². The quantitative estimate of drug-likeness (QED) is 0.322. The maximum absolute atomic E-state index is 12.5. The summed E-state index contributed by atoms with van der Waals surface area (Å²) in [5.41, 5.74) is 2.96. The highest BCUT2D eigenvalue weighted by atomic mass is 79.9. The number of aryl methyl sites for hydroxylation is 1. The van der Waals surface area contributed by atoms with Crippen LogP contribution in [0.1, 0.15) is 16.7 Å². The molecular formula is C21H18Br2N2O3S. The molecule has 0 aromatic heterocycles. The zero-order chi connectivity index (χ0) is 21.3. The van der Waals surface area contributed by atoms with Gasteiger partial charge in [0.05, 0.1) is 8.95 Å². The van der Waals surface area contributed by atoms with Crippen LogP contribution in [0.25, 0.3) is 6.08 Å². The molecule has 3 rings (SSSR count). The largest absolute Gasteiger partial charge is 0.487 e. The van der Waals surface area contributed by atoms with E-state index in [1.54, 1.807) is 32.3 Å². The molecule has 0 radical (unpaired) electrons. The van der Waals surface area contributed by atoms with E-state index in [1.807, 2.05) is 25.1 Å². The predicted molar refractivity (Wildman–Crippen MR) is 123 cm³/mol. The number of hydrogen-bond donors (Lipinski definition) is 0. The molecule has 0 aliphatic carbocycles. The van der Waals surface area contributed by atoms with Gasteiger partial charge in [0.15, 0.2) is 5.11 Å². The molecule has 0 atom stereocenters. The molecule has 1 aliphatic heterocycles. The molecular weight excluding hydrogens is 520 g/mol. The molecule has 8 heteroatoms. The molecule has 29 heavy (non-hydrogen) atoms. The van der Waals surface area contributed by atoms with Crippen molar-refractivity contribution in [1.29, 1.82) is 0 Å². The Kier molecular flexibility index (Phi) is 6.55. The van der Waals surface area contributed by atoms with Crippen molar-refractivity contribution >= 4 is 67.1 Å². The maximum atomic E-state index is 12.5. The van der Waals surface area contributed by atoms with Gasteiger partial charge in [-0.25, -0.2) is 0 Å². The summed E-state index contributed by atoms with van der Waals surface area (Å²) in [7, 11) is 3.10. The van der Waals surface area contributed by atoms with Crippen LogP contribution in [0.4, 0.5) is 0 Å². The number of benzene rings is 2. The lowest BCUT2D eigenvalue weighted by atomic mass is 10.1. The molecule has 0 bridgehead atoms. The Morgan fingerprint density at radius 2 is 1.62 bits per heavy atom. The Morgan fingerprint density at radius 3 is 2.17 bits per heavy atom.